The number of fused-ring (bicyclic) bond motifs is 9. The van der Waals surface area contributed by atoms with Gasteiger partial charge in [0.15, 0.2) is 0 Å². The average molecular weight is 1050 g/mol. The van der Waals surface area contributed by atoms with Crippen LogP contribution in [0.4, 0.5) is 5.69 Å². The number of phenols is 1. The number of esters is 2. The van der Waals surface area contributed by atoms with Crippen molar-refractivity contribution in [1.29, 1.82) is 0 Å². The molecule has 13 heteroatoms. The number of aromatic hydroxyl groups is 1. The number of carbonyl (C=O) groups is 3. The molecule has 0 aromatic heterocycles. The van der Waals surface area contributed by atoms with Crippen molar-refractivity contribution in [3.8, 4) is 23.3 Å². The standard InChI is InChI=1S/C64H79NO12/c1-63(73,56(69)35-75-49-15-6-7-16-49)36-65-47-24-39(34-66)23-44(28-47)41-18-19-42-33-58(70)77-61-50(42)31-45(60(71)59(61)40-12-3-2-4-13-40)32-57-64(74)53-17-8-5-14-43(53)30-51-52(55(68)21-20-54(51)64)26-38-11-9-10-37(22-38)25-48(67)29-46(27-41)62(72)76-57/h9-11,22-24,28-29,31,40-43,48-49,51-54,56-57,65-67,69,71,73-74H,2-8,12-17,20-21,25-27,30,32-36H2,1H3/b46-29-/t41-,42+,43-,48+,51+,52-,53+,54+,56+,57+,63+,64-/m0/s1. The van der Waals surface area contributed by atoms with Crippen LogP contribution in [0.1, 0.15) is 179 Å². The van der Waals surface area contributed by atoms with Crippen LogP contribution in [0.15, 0.2) is 60.2 Å². The average Bonchev–Trinajstić information content (AvgIpc) is 4.07. The lowest BCUT2D eigenvalue weighted by Gasteiger charge is -2.59. The van der Waals surface area contributed by atoms with E-state index in [0.717, 1.165) is 101 Å². The summed E-state index contributed by atoms with van der Waals surface area (Å²) in [6.07, 6.45) is 12.0. The zero-order chi connectivity index (χ0) is 53.6. The molecule has 5 saturated carbocycles. The molecule has 3 aromatic carbocycles. The highest BCUT2D eigenvalue weighted by molar-refractivity contribution is 5.89. The number of benzene rings is 3. The van der Waals surface area contributed by atoms with Gasteiger partial charge in [-0.25, -0.2) is 4.79 Å². The summed E-state index contributed by atoms with van der Waals surface area (Å²) in [5.74, 6) is 3.48. The van der Waals surface area contributed by atoms with Gasteiger partial charge in [0.2, 0.25) is 0 Å². The number of hydrogen-bond acceptors (Lipinski definition) is 13. The summed E-state index contributed by atoms with van der Waals surface area (Å²) in [6, 6.07) is 15.2. The fourth-order valence-electron chi connectivity index (χ4n) is 15.4. The molecular formula is C64H79NO12. The molecule has 5 aliphatic carbocycles. The lowest BCUT2D eigenvalue weighted by Crippen LogP contribution is -2.65. The number of aliphatic hydroxyl groups is 5. The number of phenolic OH excluding ortho intramolecular Hbond substituents is 1. The van der Waals surface area contributed by atoms with E-state index in [1.165, 1.54) is 6.08 Å². The van der Waals surface area contributed by atoms with Crippen LogP contribution in [0, 0.1) is 41.4 Å². The quantitative estimate of drug-likeness (QED) is 0.0576. The Kier molecular flexibility index (Phi) is 15.8. The van der Waals surface area contributed by atoms with Gasteiger partial charge in [-0.2, -0.15) is 0 Å². The summed E-state index contributed by atoms with van der Waals surface area (Å²) in [4.78, 5) is 43.9. The van der Waals surface area contributed by atoms with Gasteiger partial charge in [-0.3, -0.25) is 9.59 Å². The summed E-state index contributed by atoms with van der Waals surface area (Å²) in [5, 5.41) is 76.0. The molecule has 10 bridgehead atoms. The van der Waals surface area contributed by atoms with E-state index in [9.17, 15) is 40.2 Å². The normalized spacial score (nSPS) is 32.6. The molecule has 0 saturated heterocycles. The molecular weight excluding hydrogens is 975 g/mol. The first-order valence-electron chi connectivity index (χ1n) is 29.2. The van der Waals surface area contributed by atoms with Crippen LogP contribution >= 0.6 is 0 Å². The van der Waals surface area contributed by atoms with Gasteiger partial charge in [-0.05, 0) is 146 Å². The van der Waals surface area contributed by atoms with Gasteiger partial charge >= 0.3 is 11.9 Å². The van der Waals surface area contributed by atoms with Crippen LogP contribution < -0.4 is 10.1 Å². The Morgan fingerprint density at radius 3 is 2.38 bits per heavy atom. The van der Waals surface area contributed by atoms with Gasteiger partial charge in [0.1, 0.15) is 40.7 Å². The highest BCUT2D eigenvalue weighted by Crippen LogP contribution is 2.59. The van der Waals surface area contributed by atoms with Crippen LogP contribution in [0.3, 0.4) is 0 Å². The topological polar surface area (TPSA) is 212 Å². The highest BCUT2D eigenvalue weighted by Gasteiger charge is 2.62. The number of aliphatic hydroxyl groups excluding tert-OH is 3. The van der Waals surface area contributed by atoms with E-state index in [1.54, 1.807) is 13.0 Å². The Morgan fingerprint density at radius 1 is 0.844 bits per heavy atom. The molecule has 77 heavy (non-hydrogen) atoms. The van der Waals surface area contributed by atoms with Crippen molar-refractivity contribution in [3.63, 3.8) is 0 Å². The van der Waals surface area contributed by atoms with Crippen molar-refractivity contribution in [3.05, 3.63) is 99.1 Å². The third-order valence-electron chi connectivity index (χ3n) is 19.5. The molecule has 8 aliphatic rings. The smallest absolute Gasteiger partial charge is 0.334 e. The summed E-state index contributed by atoms with van der Waals surface area (Å²) in [7, 11) is 0. The Labute approximate surface area is 453 Å². The minimum Gasteiger partial charge on any atom is -0.507 e. The number of anilines is 1. The van der Waals surface area contributed by atoms with Gasteiger partial charge in [0.05, 0.1) is 37.8 Å². The second kappa shape index (κ2) is 22.6. The summed E-state index contributed by atoms with van der Waals surface area (Å²) < 4.78 is 19.1. The van der Waals surface area contributed by atoms with Gasteiger partial charge in [0.25, 0.3) is 0 Å². The maximum Gasteiger partial charge on any atom is 0.334 e. The number of rotatable bonds is 10. The first kappa shape index (κ1) is 53.9. The van der Waals surface area contributed by atoms with Gasteiger partial charge in [-0.15, -0.1) is 0 Å². The summed E-state index contributed by atoms with van der Waals surface area (Å²) in [6.45, 7) is 1.10. The number of ether oxygens (including phenoxy) is 3. The van der Waals surface area contributed by atoms with Gasteiger partial charge in [0, 0.05) is 60.0 Å². The SMILES string of the molecule is C[C@@](O)(CNc1cc(CO)cc([C@H]2C#C[C@@H]3CC(=O)Oc4c3cc(c(O)c4C3CCCCC3)C[C@H]3OC(=O)/C(=C\[C@H](O)Cc4cccc(c4)C[C@@H]4C(=O)CC[C@@H]5[C@@H]4C[C@@H]4CCCC[C@H]4[C@]53O)C2)c1)[C@H](O)COC1CCCC1. The van der Waals surface area contributed by atoms with Gasteiger partial charge < -0.3 is 50.2 Å². The van der Waals surface area contributed by atoms with E-state index in [1.807, 2.05) is 42.5 Å². The lowest BCUT2D eigenvalue weighted by atomic mass is 9.48. The molecule has 412 valence electrons. The first-order valence-corrected chi connectivity index (χ1v) is 29.2. The molecule has 11 rings (SSSR count). The third-order valence-corrected chi connectivity index (χ3v) is 19.5. The van der Waals surface area contributed by atoms with Crippen LogP contribution in [-0.4, -0.2) is 97.1 Å². The van der Waals surface area contributed by atoms with Crippen LogP contribution in [0.25, 0.3) is 0 Å². The lowest BCUT2D eigenvalue weighted by molar-refractivity contribution is -0.228. The number of Topliss-reactive ketones (excluding diaryl/α,β-unsaturated/α-hetero) is 1. The minimum absolute atomic E-state index is 0.0243. The molecule has 3 heterocycles. The van der Waals surface area contributed by atoms with E-state index in [2.05, 4.69) is 17.2 Å². The van der Waals surface area contributed by atoms with Crippen LogP contribution in [0.5, 0.6) is 11.5 Å². The number of nitrogens with one attached hydrogen (secondary N) is 1. The molecule has 5 fully saturated rings. The Balaban J connectivity index is 1.07. The molecule has 0 unspecified atom stereocenters. The zero-order valence-electron chi connectivity index (χ0n) is 44.7. The molecule has 0 radical (unpaired) electrons. The second-order valence-corrected chi connectivity index (χ2v) is 24.7. The summed E-state index contributed by atoms with van der Waals surface area (Å²) >= 11 is 0. The van der Waals surface area contributed by atoms with E-state index in [0.29, 0.717) is 52.1 Å². The van der Waals surface area contributed by atoms with Crippen molar-refractivity contribution < 1.29 is 59.2 Å². The Morgan fingerprint density at radius 2 is 1.58 bits per heavy atom. The van der Waals surface area contributed by atoms with Crippen molar-refractivity contribution in [2.45, 2.75) is 202 Å². The molecule has 3 aromatic rings. The molecule has 7 N–H and O–H groups in total. The minimum atomic E-state index is -1.61. The highest BCUT2D eigenvalue weighted by atomic mass is 16.6. The van der Waals surface area contributed by atoms with Gasteiger partial charge in [-0.1, -0.05) is 93.5 Å². The Hall–Kier alpha value is -5.07. The summed E-state index contributed by atoms with van der Waals surface area (Å²) in [5.41, 5.74) is 2.04. The van der Waals surface area contributed by atoms with E-state index >= 15 is 4.79 Å². The largest absolute Gasteiger partial charge is 0.507 e. The number of ketones is 1. The van der Waals surface area contributed by atoms with E-state index < -0.39 is 59.2 Å². The Bertz CT molecular complexity index is 2800. The number of carbonyl (C=O) groups excluding carboxylic acids is 3. The zero-order valence-corrected chi connectivity index (χ0v) is 44.7. The second-order valence-electron chi connectivity index (χ2n) is 24.7. The van der Waals surface area contributed by atoms with Crippen molar-refractivity contribution >= 4 is 23.4 Å². The first-order chi connectivity index (χ1) is 37.1. The molecule has 3 aliphatic heterocycles. The predicted octanol–water partition coefficient (Wildman–Crippen LogP) is 8.69. The molecule has 0 amide bonds. The predicted molar refractivity (Wildman–Crippen MR) is 289 cm³/mol. The fraction of sp³-hybridized carbons (Fsp3) is 0.609. The van der Waals surface area contributed by atoms with E-state index in [4.69, 9.17) is 14.2 Å². The maximum atomic E-state index is 15.7. The number of hydrogen-bond donors (Lipinski definition) is 7. The molecule has 13 nitrogen and oxygen atoms in total. The molecule has 0 spiro atoms. The van der Waals surface area contributed by atoms with Crippen molar-refractivity contribution in [2.24, 2.45) is 29.6 Å². The molecule has 12 atom stereocenters. The third kappa shape index (κ3) is 11.1. The maximum absolute atomic E-state index is 15.7. The fourth-order valence-corrected chi connectivity index (χ4v) is 15.4. The monoisotopic (exact) mass is 1050 g/mol. The van der Waals surface area contributed by atoms with Crippen molar-refractivity contribution in [1.82, 2.24) is 0 Å². The van der Waals surface area contributed by atoms with Crippen LogP contribution in [-0.2, 0) is 49.7 Å². The van der Waals surface area contributed by atoms with E-state index in [-0.39, 0.29) is 105 Å². The van der Waals surface area contributed by atoms with Crippen molar-refractivity contribution in [2.75, 3.05) is 18.5 Å². The van der Waals surface area contributed by atoms with Crippen LogP contribution in [0.2, 0.25) is 0 Å².